The van der Waals surface area contributed by atoms with E-state index in [4.69, 9.17) is 0 Å². The van der Waals surface area contributed by atoms with Crippen LogP contribution in [0, 0.1) is 0 Å². The van der Waals surface area contributed by atoms with Gasteiger partial charge in [0, 0.05) is 5.56 Å². The molecular weight excluding hydrogens is 370 g/mol. The topological polar surface area (TPSA) is 40.5 Å². The molecule has 0 saturated heterocycles. The van der Waals surface area contributed by atoms with Crippen LogP contribution in [-0.4, -0.2) is 47.5 Å². The van der Waals surface area contributed by atoms with Gasteiger partial charge in [0.05, 0.1) is 19.8 Å². The average molecular weight is 414 g/mol. The predicted molar refractivity (Wildman–Crippen MR) is 116 cm³/mol. The second-order valence-electron chi connectivity index (χ2n) is 8.14. The highest BCUT2D eigenvalue weighted by Gasteiger charge is 2.26. The maximum absolute atomic E-state index is 9.59. The summed E-state index contributed by atoms with van der Waals surface area (Å²) in [6.07, 6.45) is 14.8. The highest BCUT2D eigenvalue weighted by atomic mass is 35.5. The number of aliphatic hydroxyl groups is 2. The first-order valence-electron chi connectivity index (χ1n) is 11.4. The minimum Gasteiger partial charge on any atom is -1.00 e. The zero-order valence-electron chi connectivity index (χ0n) is 18.1. The molecule has 2 N–H and O–H groups in total. The summed E-state index contributed by atoms with van der Waals surface area (Å²) in [5.74, 6) is 0. The Hall–Kier alpha value is -0.610. The molecule has 164 valence electrons. The SMILES string of the molecule is CCCCCCCCCCCCC[N+](CCO)(CCO)Cc1ccccc1.[Cl-]. The third-order valence-corrected chi connectivity index (χ3v) is 5.75. The molecular formula is C24H44ClNO2. The van der Waals surface area contributed by atoms with Crippen LogP contribution >= 0.6 is 0 Å². The Balaban J connectivity index is 0.00000729. The van der Waals surface area contributed by atoms with Crippen LogP contribution in [0.1, 0.15) is 83.1 Å². The minimum absolute atomic E-state index is 0. The lowest BCUT2D eigenvalue weighted by molar-refractivity contribution is -0.941. The molecule has 0 fully saturated rings. The Morgan fingerprint density at radius 3 is 1.57 bits per heavy atom. The molecule has 0 aliphatic heterocycles. The molecule has 0 heterocycles. The van der Waals surface area contributed by atoms with Crippen molar-refractivity contribution in [3.8, 4) is 0 Å². The zero-order valence-corrected chi connectivity index (χ0v) is 18.9. The van der Waals surface area contributed by atoms with Crippen LogP contribution in [0.2, 0.25) is 0 Å². The van der Waals surface area contributed by atoms with Crippen molar-refractivity contribution in [1.82, 2.24) is 0 Å². The lowest BCUT2D eigenvalue weighted by atomic mass is 10.1. The van der Waals surface area contributed by atoms with Crippen LogP contribution in [0.25, 0.3) is 0 Å². The third kappa shape index (κ3) is 12.8. The van der Waals surface area contributed by atoms with Gasteiger partial charge in [0.2, 0.25) is 0 Å². The average Bonchev–Trinajstić information content (AvgIpc) is 2.67. The zero-order chi connectivity index (χ0) is 19.6. The molecule has 1 aromatic carbocycles. The van der Waals surface area contributed by atoms with E-state index in [0.29, 0.717) is 0 Å². The van der Waals surface area contributed by atoms with Crippen molar-refractivity contribution >= 4 is 0 Å². The first kappa shape index (κ1) is 27.4. The number of quaternary nitrogens is 1. The van der Waals surface area contributed by atoms with E-state index in [1.807, 2.05) is 6.07 Å². The van der Waals surface area contributed by atoms with Gasteiger partial charge in [0.1, 0.15) is 19.6 Å². The van der Waals surface area contributed by atoms with Gasteiger partial charge in [-0.3, -0.25) is 0 Å². The molecule has 0 aromatic heterocycles. The van der Waals surface area contributed by atoms with Crippen molar-refractivity contribution < 1.29 is 27.1 Å². The van der Waals surface area contributed by atoms with Crippen molar-refractivity contribution in [2.24, 2.45) is 0 Å². The second kappa shape index (κ2) is 18.4. The molecule has 0 unspecified atom stereocenters. The van der Waals surface area contributed by atoms with Gasteiger partial charge in [0.25, 0.3) is 0 Å². The molecule has 0 aliphatic carbocycles. The molecule has 0 atom stereocenters. The van der Waals surface area contributed by atoms with Crippen LogP contribution in [-0.2, 0) is 6.54 Å². The van der Waals surface area contributed by atoms with Gasteiger partial charge in [0.15, 0.2) is 0 Å². The summed E-state index contributed by atoms with van der Waals surface area (Å²) in [6.45, 7) is 6.05. The fraction of sp³-hybridized carbons (Fsp3) is 0.750. The molecule has 0 radical (unpaired) electrons. The summed E-state index contributed by atoms with van der Waals surface area (Å²) in [5.41, 5.74) is 1.29. The smallest absolute Gasteiger partial charge is 0.104 e. The Morgan fingerprint density at radius 2 is 1.11 bits per heavy atom. The van der Waals surface area contributed by atoms with Crippen LogP contribution in [0.15, 0.2) is 30.3 Å². The van der Waals surface area contributed by atoms with Crippen molar-refractivity contribution in [2.75, 3.05) is 32.8 Å². The Kier molecular flexibility index (Phi) is 18.0. The van der Waals surface area contributed by atoms with Crippen molar-refractivity contribution in [1.29, 1.82) is 0 Å². The van der Waals surface area contributed by atoms with E-state index in [-0.39, 0.29) is 25.6 Å². The number of nitrogens with zero attached hydrogens (tertiary/aromatic N) is 1. The first-order valence-corrected chi connectivity index (χ1v) is 11.4. The summed E-state index contributed by atoms with van der Waals surface area (Å²) in [4.78, 5) is 0. The molecule has 0 bridgehead atoms. The fourth-order valence-corrected chi connectivity index (χ4v) is 4.08. The molecule has 0 saturated carbocycles. The molecule has 0 spiro atoms. The number of hydrogen-bond donors (Lipinski definition) is 2. The van der Waals surface area contributed by atoms with Crippen LogP contribution in [0.3, 0.4) is 0 Å². The van der Waals surface area contributed by atoms with E-state index in [1.54, 1.807) is 0 Å². The van der Waals surface area contributed by atoms with E-state index in [0.717, 1.165) is 30.7 Å². The van der Waals surface area contributed by atoms with E-state index in [2.05, 4.69) is 31.2 Å². The monoisotopic (exact) mass is 413 g/mol. The highest BCUT2D eigenvalue weighted by molar-refractivity contribution is 5.13. The van der Waals surface area contributed by atoms with Crippen LogP contribution in [0.4, 0.5) is 0 Å². The summed E-state index contributed by atoms with van der Waals surface area (Å²) in [5, 5.41) is 19.2. The highest BCUT2D eigenvalue weighted by Crippen LogP contribution is 2.18. The Morgan fingerprint density at radius 1 is 0.643 bits per heavy atom. The normalized spacial score (nSPS) is 11.4. The molecule has 1 rings (SSSR count). The Bertz CT molecular complexity index is 435. The van der Waals surface area contributed by atoms with Gasteiger partial charge >= 0.3 is 0 Å². The summed E-state index contributed by atoms with van der Waals surface area (Å²) >= 11 is 0. The van der Waals surface area contributed by atoms with Gasteiger partial charge in [-0.25, -0.2) is 0 Å². The number of aliphatic hydroxyl groups excluding tert-OH is 2. The second-order valence-corrected chi connectivity index (χ2v) is 8.14. The van der Waals surface area contributed by atoms with Gasteiger partial charge in [-0.05, 0) is 12.8 Å². The predicted octanol–water partition coefficient (Wildman–Crippen LogP) is 2.30. The molecule has 4 heteroatoms. The van der Waals surface area contributed by atoms with Crippen LogP contribution < -0.4 is 12.4 Å². The summed E-state index contributed by atoms with van der Waals surface area (Å²) in [7, 11) is 0. The van der Waals surface area contributed by atoms with Crippen molar-refractivity contribution in [3.05, 3.63) is 35.9 Å². The fourth-order valence-electron chi connectivity index (χ4n) is 4.08. The molecule has 3 nitrogen and oxygen atoms in total. The number of rotatable bonds is 18. The van der Waals surface area contributed by atoms with Gasteiger partial charge in [-0.2, -0.15) is 0 Å². The lowest BCUT2D eigenvalue weighted by Crippen LogP contribution is -3.00. The number of unbranched alkanes of at least 4 members (excludes halogenated alkanes) is 10. The molecule has 1 aromatic rings. The molecule has 0 amide bonds. The van der Waals surface area contributed by atoms with E-state index in [1.165, 1.54) is 76.2 Å². The van der Waals surface area contributed by atoms with Gasteiger partial charge in [-0.1, -0.05) is 95.0 Å². The van der Waals surface area contributed by atoms with E-state index in [9.17, 15) is 10.2 Å². The van der Waals surface area contributed by atoms with E-state index >= 15 is 0 Å². The van der Waals surface area contributed by atoms with Gasteiger partial charge < -0.3 is 27.1 Å². The summed E-state index contributed by atoms with van der Waals surface area (Å²) in [6, 6.07) is 10.5. The van der Waals surface area contributed by atoms with Gasteiger partial charge in [-0.15, -0.1) is 0 Å². The third-order valence-electron chi connectivity index (χ3n) is 5.75. The number of benzene rings is 1. The minimum atomic E-state index is 0. The van der Waals surface area contributed by atoms with Crippen molar-refractivity contribution in [2.45, 2.75) is 84.1 Å². The number of hydrogen-bond acceptors (Lipinski definition) is 2. The lowest BCUT2D eigenvalue weighted by Gasteiger charge is -2.38. The quantitative estimate of drug-likeness (QED) is 0.286. The van der Waals surface area contributed by atoms with E-state index < -0.39 is 0 Å². The maximum atomic E-state index is 9.59. The largest absolute Gasteiger partial charge is 1.00 e. The maximum Gasteiger partial charge on any atom is 0.104 e. The molecule has 0 aliphatic rings. The summed E-state index contributed by atoms with van der Waals surface area (Å²) < 4.78 is 0.800. The standard InChI is InChI=1S/C24H44NO2.ClH/c1-2-3-4-5-6-7-8-9-10-11-15-18-25(19-21-26,20-22-27)23-24-16-13-12-14-17-24;/h12-14,16-17,26-27H,2-11,15,18-23H2,1H3;1H/q+1;/p-1. The first-order chi connectivity index (χ1) is 13.3. The van der Waals surface area contributed by atoms with Crippen LogP contribution in [0.5, 0.6) is 0 Å². The van der Waals surface area contributed by atoms with Crippen molar-refractivity contribution in [3.63, 3.8) is 0 Å². The Labute approximate surface area is 180 Å². The molecule has 28 heavy (non-hydrogen) atoms. The number of halogens is 1.